The third-order valence-corrected chi connectivity index (χ3v) is 1.49. The Labute approximate surface area is 71.6 Å². The van der Waals surface area contributed by atoms with E-state index >= 15 is 0 Å². The lowest BCUT2D eigenvalue weighted by molar-refractivity contribution is 0.898. The molecule has 2 nitrogen and oxygen atoms in total. The van der Waals surface area contributed by atoms with E-state index in [-0.39, 0.29) is 0 Å². The fourth-order valence-corrected chi connectivity index (χ4v) is 1.15. The van der Waals surface area contributed by atoms with Crippen molar-refractivity contribution in [3.63, 3.8) is 0 Å². The van der Waals surface area contributed by atoms with Crippen molar-refractivity contribution >= 4 is 11.6 Å². The standard InChI is InChI=1S/C8H10ClN2/c1-3-4-7-5-8(9)11-6(2)10-7/h5H,1,3-4H2,2H3. The molecule has 0 atom stereocenters. The third-order valence-electron chi connectivity index (χ3n) is 1.29. The van der Waals surface area contributed by atoms with Crippen molar-refractivity contribution in [3.8, 4) is 0 Å². The maximum atomic E-state index is 5.71. The summed E-state index contributed by atoms with van der Waals surface area (Å²) in [5, 5.41) is 0.515. The van der Waals surface area contributed by atoms with E-state index in [0.717, 1.165) is 24.4 Å². The molecule has 0 spiro atoms. The van der Waals surface area contributed by atoms with Crippen LogP contribution in [0.5, 0.6) is 0 Å². The van der Waals surface area contributed by atoms with Crippen molar-refractivity contribution in [1.82, 2.24) is 9.97 Å². The van der Waals surface area contributed by atoms with Gasteiger partial charge >= 0.3 is 0 Å². The van der Waals surface area contributed by atoms with Gasteiger partial charge in [-0.2, -0.15) is 0 Å². The maximum Gasteiger partial charge on any atom is 0.133 e. The van der Waals surface area contributed by atoms with Gasteiger partial charge in [-0.1, -0.05) is 18.5 Å². The first-order valence-electron chi connectivity index (χ1n) is 3.51. The molecular formula is C8H10ClN2. The Morgan fingerprint density at radius 1 is 1.55 bits per heavy atom. The predicted molar refractivity (Wildman–Crippen MR) is 45.5 cm³/mol. The average Bonchev–Trinajstić information content (AvgIpc) is 1.85. The number of hydrogen-bond acceptors (Lipinski definition) is 2. The molecule has 0 saturated heterocycles. The highest BCUT2D eigenvalue weighted by molar-refractivity contribution is 6.29. The SMILES string of the molecule is [CH2]CCc1cc(Cl)nc(C)n1. The van der Waals surface area contributed by atoms with Gasteiger partial charge in [-0.3, -0.25) is 0 Å². The highest BCUT2D eigenvalue weighted by Gasteiger charge is 1.97. The van der Waals surface area contributed by atoms with Crippen molar-refractivity contribution in [2.24, 2.45) is 0 Å². The summed E-state index contributed by atoms with van der Waals surface area (Å²) in [6, 6.07) is 1.78. The summed E-state index contributed by atoms with van der Waals surface area (Å²) in [5.74, 6) is 0.723. The van der Waals surface area contributed by atoms with Crippen LogP contribution in [0.25, 0.3) is 0 Å². The highest BCUT2D eigenvalue weighted by Crippen LogP contribution is 2.07. The first-order valence-corrected chi connectivity index (χ1v) is 3.89. The third kappa shape index (κ3) is 2.46. The van der Waals surface area contributed by atoms with E-state index in [2.05, 4.69) is 16.9 Å². The Morgan fingerprint density at radius 3 is 2.82 bits per heavy atom. The first-order chi connectivity index (χ1) is 5.22. The summed E-state index contributed by atoms with van der Waals surface area (Å²) >= 11 is 5.71. The molecule has 0 unspecified atom stereocenters. The van der Waals surface area contributed by atoms with Crippen LogP contribution in [-0.4, -0.2) is 9.97 Å². The van der Waals surface area contributed by atoms with Crippen LogP contribution in [0.3, 0.4) is 0 Å². The smallest absolute Gasteiger partial charge is 0.133 e. The molecule has 1 heterocycles. The minimum atomic E-state index is 0.515. The largest absolute Gasteiger partial charge is 0.238 e. The average molecular weight is 170 g/mol. The van der Waals surface area contributed by atoms with Gasteiger partial charge in [0.05, 0.1) is 0 Å². The molecule has 1 radical (unpaired) electrons. The maximum absolute atomic E-state index is 5.71. The Hall–Kier alpha value is -0.630. The molecule has 0 aliphatic carbocycles. The molecule has 0 saturated carbocycles. The van der Waals surface area contributed by atoms with Crippen LogP contribution < -0.4 is 0 Å². The van der Waals surface area contributed by atoms with Crippen LogP contribution in [0, 0.1) is 13.8 Å². The van der Waals surface area contributed by atoms with Gasteiger partial charge in [0.2, 0.25) is 0 Å². The lowest BCUT2D eigenvalue weighted by Crippen LogP contribution is -1.94. The van der Waals surface area contributed by atoms with E-state index in [1.54, 1.807) is 6.07 Å². The molecule has 0 aliphatic rings. The molecule has 1 rings (SSSR count). The number of aryl methyl sites for hydroxylation is 2. The molecule has 11 heavy (non-hydrogen) atoms. The van der Waals surface area contributed by atoms with Crippen LogP contribution >= 0.6 is 11.6 Å². The van der Waals surface area contributed by atoms with Crippen LogP contribution in [0.1, 0.15) is 17.9 Å². The molecule has 1 aromatic rings. The van der Waals surface area contributed by atoms with E-state index in [9.17, 15) is 0 Å². The van der Waals surface area contributed by atoms with Gasteiger partial charge in [0, 0.05) is 5.69 Å². The highest BCUT2D eigenvalue weighted by atomic mass is 35.5. The fourth-order valence-electron chi connectivity index (χ4n) is 0.899. The van der Waals surface area contributed by atoms with Gasteiger partial charge in [0.25, 0.3) is 0 Å². The minimum Gasteiger partial charge on any atom is -0.238 e. The van der Waals surface area contributed by atoms with Crippen LogP contribution in [0.2, 0.25) is 5.15 Å². The molecule has 0 N–H and O–H groups in total. The molecule has 0 aliphatic heterocycles. The lowest BCUT2D eigenvalue weighted by Gasteiger charge is -1.98. The molecule has 59 valence electrons. The van der Waals surface area contributed by atoms with Gasteiger partial charge in [0.15, 0.2) is 0 Å². The van der Waals surface area contributed by atoms with Crippen LogP contribution in [-0.2, 0) is 6.42 Å². The Bertz CT molecular complexity index is 228. The van der Waals surface area contributed by atoms with Gasteiger partial charge in [-0.15, -0.1) is 0 Å². The Kier molecular flexibility index (Phi) is 2.83. The fraction of sp³-hybridized carbons (Fsp3) is 0.375. The Balaban J connectivity index is 2.89. The summed E-state index contributed by atoms with van der Waals surface area (Å²) in [6.45, 7) is 5.57. The summed E-state index contributed by atoms with van der Waals surface area (Å²) in [7, 11) is 0. The Morgan fingerprint density at radius 2 is 2.27 bits per heavy atom. The number of aromatic nitrogens is 2. The zero-order valence-electron chi connectivity index (χ0n) is 6.47. The van der Waals surface area contributed by atoms with Gasteiger partial charge in [0.1, 0.15) is 11.0 Å². The second-order valence-electron chi connectivity index (χ2n) is 2.33. The molecule has 0 bridgehead atoms. The van der Waals surface area contributed by atoms with Gasteiger partial charge in [-0.25, -0.2) is 9.97 Å². The van der Waals surface area contributed by atoms with E-state index in [1.165, 1.54) is 0 Å². The lowest BCUT2D eigenvalue weighted by atomic mass is 10.2. The first kappa shape index (κ1) is 8.47. The van der Waals surface area contributed by atoms with E-state index < -0.39 is 0 Å². The predicted octanol–water partition coefficient (Wildman–Crippen LogP) is 2.21. The summed E-state index contributed by atoms with van der Waals surface area (Å²) < 4.78 is 0. The summed E-state index contributed by atoms with van der Waals surface area (Å²) in [5.41, 5.74) is 0.970. The van der Waals surface area contributed by atoms with Crippen molar-refractivity contribution < 1.29 is 0 Å². The van der Waals surface area contributed by atoms with Crippen molar-refractivity contribution in [1.29, 1.82) is 0 Å². The molecule has 1 aromatic heterocycles. The number of hydrogen-bond donors (Lipinski definition) is 0. The second-order valence-corrected chi connectivity index (χ2v) is 2.72. The normalized spacial score (nSPS) is 10.1. The second kappa shape index (κ2) is 3.67. The van der Waals surface area contributed by atoms with E-state index in [1.807, 2.05) is 6.92 Å². The monoisotopic (exact) mass is 169 g/mol. The quantitative estimate of drug-likeness (QED) is 0.635. The van der Waals surface area contributed by atoms with Gasteiger partial charge < -0.3 is 0 Å². The summed E-state index contributed by atoms with van der Waals surface area (Å²) in [4.78, 5) is 8.14. The van der Waals surface area contributed by atoms with E-state index in [4.69, 9.17) is 11.6 Å². The molecule has 0 amide bonds. The molecular weight excluding hydrogens is 160 g/mol. The van der Waals surface area contributed by atoms with E-state index in [0.29, 0.717) is 5.15 Å². The molecule has 3 heteroatoms. The zero-order valence-corrected chi connectivity index (χ0v) is 7.23. The molecule has 0 fully saturated rings. The number of rotatable bonds is 2. The van der Waals surface area contributed by atoms with Crippen LogP contribution in [0.15, 0.2) is 6.07 Å². The topological polar surface area (TPSA) is 25.8 Å². The van der Waals surface area contributed by atoms with Crippen LogP contribution in [0.4, 0.5) is 0 Å². The zero-order chi connectivity index (χ0) is 8.27. The number of halogens is 1. The summed E-state index contributed by atoms with van der Waals surface area (Å²) in [6.07, 6.45) is 1.70. The minimum absolute atomic E-state index is 0.515. The van der Waals surface area contributed by atoms with Crippen molar-refractivity contribution in [2.45, 2.75) is 19.8 Å². The van der Waals surface area contributed by atoms with Gasteiger partial charge in [-0.05, 0) is 25.8 Å². The number of nitrogens with zero attached hydrogens (tertiary/aromatic N) is 2. The van der Waals surface area contributed by atoms with Crippen molar-refractivity contribution in [2.75, 3.05) is 0 Å². The molecule has 0 aromatic carbocycles. The van der Waals surface area contributed by atoms with Crippen molar-refractivity contribution in [3.05, 3.63) is 29.7 Å².